The summed E-state index contributed by atoms with van der Waals surface area (Å²) in [6.07, 6.45) is 1.38. The monoisotopic (exact) mass is 357 g/mol. The van der Waals surface area contributed by atoms with Crippen LogP contribution in [-0.4, -0.2) is 27.7 Å². The smallest absolute Gasteiger partial charge is 0.216 e. The van der Waals surface area contributed by atoms with Gasteiger partial charge in [0, 0.05) is 11.1 Å². The molecule has 0 unspecified atom stereocenters. The van der Waals surface area contributed by atoms with E-state index >= 15 is 0 Å². The van der Waals surface area contributed by atoms with Gasteiger partial charge in [-0.1, -0.05) is 18.2 Å². The minimum Gasteiger partial charge on any atom is -0.494 e. The number of hydrogen-bond acceptors (Lipinski definition) is 5. The summed E-state index contributed by atoms with van der Waals surface area (Å²) in [5.41, 5.74) is 3.96. The molecule has 0 saturated carbocycles. The molecule has 128 valence electrons. The van der Waals surface area contributed by atoms with Crippen molar-refractivity contribution in [2.24, 2.45) is 5.10 Å². The van der Waals surface area contributed by atoms with E-state index in [2.05, 4.69) is 20.8 Å². The Morgan fingerprint density at radius 2 is 2.04 bits per heavy atom. The van der Waals surface area contributed by atoms with Crippen molar-refractivity contribution in [3.05, 3.63) is 64.7 Å². The number of aromatic nitrogens is 3. The molecule has 2 N–H and O–H groups in total. The maximum atomic E-state index is 13.6. The first-order chi connectivity index (χ1) is 12.2. The zero-order valence-electron chi connectivity index (χ0n) is 13.4. The summed E-state index contributed by atoms with van der Waals surface area (Å²) in [7, 11) is 0. The van der Waals surface area contributed by atoms with Crippen molar-refractivity contribution in [3.63, 3.8) is 0 Å². The van der Waals surface area contributed by atoms with E-state index < -0.39 is 0 Å². The number of nitrogens with zero attached hydrogens (tertiary/aromatic N) is 3. The van der Waals surface area contributed by atoms with Crippen LogP contribution < -0.4 is 10.3 Å². The average Bonchev–Trinajstić information content (AvgIpc) is 2.98. The summed E-state index contributed by atoms with van der Waals surface area (Å²) in [6, 6.07) is 13.8. The van der Waals surface area contributed by atoms with E-state index in [1.165, 1.54) is 17.0 Å². The fraction of sp³-hybridized carbons (Fsp3) is 0.118. The van der Waals surface area contributed by atoms with E-state index in [9.17, 15) is 4.39 Å². The first-order valence-corrected chi connectivity index (χ1v) is 8.04. The lowest BCUT2D eigenvalue weighted by Crippen LogP contribution is -2.11. The molecule has 1 aromatic heterocycles. The Bertz CT molecular complexity index is 933. The van der Waals surface area contributed by atoms with Crippen LogP contribution in [0.25, 0.3) is 11.4 Å². The molecule has 3 rings (SSSR count). The maximum Gasteiger partial charge on any atom is 0.216 e. The molecule has 0 aliphatic carbocycles. The molecular formula is C17H16FN5OS. The van der Waals surface area contributed by atoms with E-state index in [0.29, 0.717) is 22.8 Å². The molecule has 6 nitrogen and oxygen atoms in total. The Kier molecular flexibility index (Phi) is 5.20. The van der Waals surface area contributed by atoms with E-state index in [1.54, 1.807) is 18.2 Å². The molecule has 3 aromatic rings. The lowest BCUT2D eigenvalue weighted by atomic mass is 10.2. The van der Waals surface area contributed by atoms with E-state index in [1.807, 2.05) is 31.2 Å². The third kappa shape index (κ3) is 3.92. The number of halogens is 1. The van der Waals surface area contributed by atoms with E-state index in [-0.39, 0.29) is 5.82 Å². The van der Waals surface area contributed by atoms with Gasteiger partial charge in [-0.2, -0.15) is 14.9 Å². The molecule has 2 aromatic carbocycles. The summed E-state index contributed by atoms with van der Waals surface area (Å²) in [6.45, 7) is 2.53. The van der Waals surface area contributed by atoms with Gasteiger partial charge >= 0.3 is 0 Å². The summed E-state index contributed by atoms with van der Waals surface area (Å²) in [5, 5.41) is 10.9. The Hall–Kier alpha value is -3.00. The highest BCUT2D eigenvalue weighted by Gasteiger charge is 2.08. The molecule has 8 heteroatoms. The second-order valence-corrected chi connectivity index (χ2v) is 5.41. The topological polar surface area (TPSA) is 67.2 Å². The summed E-state index contributed by atoms with van der Waals surface area (Å²) in [4.78, 5) is 0. The normalized spacial score (nSPS) is 11.0. The maximum absolute atomic E-state index is 13.6. The molecule has 0 bridgehead atoms. The lowest BCUT2D eigenvalue weighted by Gasteiger charge is -2.07. The largest absolute Gasteiger partial charge is 0.494 e. The SMILES string of the molecule is CCOc1ccc(-c2n[nH]c(=S)n2N/N=C/c2ccccc2F)cc1. The second-order valence-electron chi connectivity index (χ2n) is 5.02. The van der Waals surface area contributed by atoms with E-state index in [4.69, 9.17) is 17.0 Å². The molecule has 0 aliphatic heterocycles. The third-order valence-electron chi connectivity index (χ3n) is 3.36. The zero-order chi connectivity index (χ0) is 17.6. The number of benzene rings is 2. The summed E-state index contributed by atoms with van der Waals surface area (Å²) < 4.78 is 20.9. The Morgan fingerprint density at radius 1 is 1.28 bits per heavy atom. The minimum atomic E-state index is -0.351. The minimum absolute atomic E-state index is 0.342. The van der Waals surface area contributed by atoms with Crippen LogP contribution in [0.15, 0.2) is 53.6 Å². The van der Waals surface area contributed by atoms with Gasteiger partial charge in [-0.3, -0.25) is 0 Å². The lowest BCUT2D eigenvalue weighted by molar-refractivity contribution is 0.340. The number of ether oxygens (including phenoxy) is 1. The molecule has 25 heavy (non-hydrogen) atoms. The molecule has 0 aliphatic rings. The van der Waals surface area contributed by atoms with Crippen molar-refractivity contribution in [1.82, 2.24) is 14.9 Å². The average molecular weight is 357 g/mol. The van der Waals surface area contributed by atoms with Crippen LogP contribution in [0.5, 0.6) is 5.75 Å². The Morgan fingerprint density at radius 3 is 2.76 bits per heavy atom. The predicted octanol–water partition coefficient (Wildman–Crippen LogP) is 3.72. The molecule has 1 heterocycles. The van der Waals surface area contributed by atoms with Crippen LogP contribution in [0.1, 0.15) is 12.5 Å². The Balaban J connectivity index is 1.82. The van der Waals surface area contributed by atoms with Gasteiger partial charge in [-0.05, 0) is 49.5 Å². The first kappa shape index (κ1) is 16.8. The third-order valence-corrected chi connectivity index (χ3v) is 3.64. The number of hydrazone groups is 1. The number of H-pyrrole nitrogens is 1. The van der Waals surface area contributed by atoms with Crippen molar-refractivity contribution in [3.8, 4) is 17.1 Å². The van der Waals surface area contributed by atoms with Crippen LogP contribution in [0, 0.1) is 10.6 Å². The van der Waals surface area contributed by atoms with Gasteiger partial charge in [0.15, 0.2) is 5.82 Å². The fourth-order valence-corrected chi connectivity index (χ4v) is 2.36. The number of nitrogens with one attached hydrogen (secondary N) is 2. The second kappa shape index (κ2) is 7.71. The molecule has 0 saturated heterocycles. The molecule has 0 fully saturated rings. The van der Waals surface area contributed by atoms with Crippen LogP contribution in [-0.2, 0) is 0 Å². The molecule has 0 atom stereocenters. The van der Waals surface area contributed by atoms with Gasteiger partial charge in [0.25, 0.3) is 0 Å². The van der Waals surface area contributed by atoms with Crippen molar-refractivity contribution < 1.29 is 9.13 Å². The quantitative estimate of drug-likeness (QED) is 0.401. The van der Waals surface area contributed by atoms with Crippen LogP contribution in [0.3, 0.4) is 0 Å². The highest BCUT2D eigenvalue weighted by atomic mass is 32.1. The molecule has 0 amide bonds. The predicted molar refractivity (Wildman–Crippen MR) is 97.4 cm³/mol. The van der Waals surface area contributed by atoms with Crippen LogP contribution >= 0.6 is 12.2 Å². The zero-order valence-corrected chi connectivity index (χ0v) is 14.3. The number of aromatic amines is 1. The van der Waals surface area contributed by atoms with Crippen molar-refractivity contribution >= 4 is 18.4 Å². The highest BCUT2D eigenvalue weighted by Crippen LogP contribution is 2.20. The van der Waals surface area contributed by atoms with Gasteiger partial charge in [0.2, 0.25) is 4.77 Å². The van der Waals surface area contributed by atoms with Crippen LogP contribution in [0.2, 0.25) is 0 Å². The molecule has 0 spiro atoms. The number of rotatable bonds is 6. The molecule has 0 radical (unpaired) electrons. The van der Waals surface area contributed by atoms with Gasteiger partial charge in [0.1, 0.15) is 11.6 Å². The standard InChI is InChI=1S/C17H16FN5OS/c1-2-24-14-9-7-12(8-10-14)16-20-21-17(25)23(16)22-19-11-13-5-3-4-6-15(13)18/h3-11,22H,2H2,1H3,(H,21,25)/b19-11+. The summed E-state index contributed by atoms with van der Waals surface area (Å²) in [5.74, 6) is 0.978. The van der Waals surface area contributed by atoms with Gasteiger partial charge < -0.3 is 4.74 Å². The van der Waals surface area contributed by atoms with Gasteiger partial charge in [0.05, 0.1) is 12.8 Å². The Labute approximate surface area is 148 Å². The van der Waals surface area contributed by atoms with Gasteiger partial charge in [-0.15, -0.1) is 0 Å². The highest BCUT2D eigenvalue weighted by molar-refractivity contribution is 7.71. The van der Waals surface area contributed by atoms with Crippen molar-refractivity contribution in [2.75, 3.05) is 12.1 Å². The van der Waals surface area contributed by atoms with Crippen molar-refractivity contribution in [2.45, 2.75) is 6.92 Å². The van der Waals surface area contributed by atoms with Gasteiger partial charge in [-0.25, -0.2) is 15.0 Å². The van der Waals surface area contributed by atoms with E-state index in [0.717, 1.165) is 11.3 Å². The number of hydrogen-bond donors (Lipinski definition) is 2. The van der Waals surface area contributed by atoms with Crippen LogP contribution in [0.4, 0.5) is 4.39 Å². The van der Waals surface area contributed by atoms with Crippen molar-refractivity contribution in [1.29, 1.82) is 0 Å². The first-order valence-electron chi connectivity index (χ1n) is 7.63. The fourth-order valence-electron chi connectivity index (χ4n) is 2.19. The summed E-state index contributed by atoms with van der Waals surface area (Å²) >= 11 is 5.21. The molecular weight excluding hydrogens is 341 g/mol.